The van der Waals surface area contributed by atoms with E-state index >= 15 is 0 Å². The minimum atomic E-state index is 0.513. The number of hydrogen-bond acceptors (Lipinski definition) is 3. The molecule has 0 saturated carbocycles. The maximum absolute atomic E-state index is 5.87. The van der Waals surface area contributed by atoms with Crippen molar-refractivity contribution in [3.63, 3.8) is 0 Å². The predicted molar refractivity (Wildman–Crippen MR) is 60.0 cm³/mol. The molecule has 0 bridgehead atoms. The van der Waals surface area contributed by atoms with Gasteiger partial charge < -0.3 is 5.32 Å². The van der Waals surface area contributed by atoms with Gasteiger partial charge in [0.25, 0.3) is 0 Å². The summed E-state index contributed by atoms with van der Waals surface area (Å²) in [6.45, 7) is 2.95. The number of halogens is 2. The molecule has 5 heteroatoms. The average Bonchev–Trinajstić information content (AvgIpc) is 2.17. The van der Waals surface area contributed by atoms with Crippen LogP contribution in [0.15, 0.2) is 12.5 Å². The van der Waals surface area contributed by atoms with Crippen molar-refractivity contribution in [3.05, 3.63) is 17.5 Å². The first-order valence-corrected chi connectivity index (χ1v) is 5.40. The zero-order valence-corrected chi connectivity index (χ0v) is 9.52. The molecule has 0 aliphatic carbocycles. The van der Waals surface area contributed by atoms with Gasteiger partial charge in [-0.15, -0.1) is 11.6 Å². The number of alkyl halides is 1. The van der Waals surface area contributed by atoms with Crippen molar-refractivity contribution in [1.29, 1.82) is 0 Å². The van der Waals surface area contributed by atoms with E-state index in [2.05, 4.69) is 22.2 Å². The highest BCUT2D eigenvalue weighted by Gasteiger charge is 2.04. The lowest BCUT2D eigenvalue weighted by molar-refractivity contribution is 0.596. The zero-order chi connectivity index (χ0) is 10.4. The van der Waals surface area contributed by atoms with Gasteiger partial charge in [-0.05, 0) is 12.3 Å². The van der Waals surface area contributed by atoms with Crippen LogP contribution in [0.4, 0.5) is 5.82 Å². The van der Waals surface area contributed by atoms with E-state index < -0.39 is 0 Å². The van der Waals surface area contributed by atoms with Crippen LogP contribution in [0.3, 0.4) is 0 Å². The molecule has 78 valence electrons. The summed E-state index contributed by atoms with van der Waals surface area (Å²) in [5, 5.41) is 3.70. The molecular weight excluding hydrogens is 221 g/mol. The standard InChI is InChI=1S/C9H13Cl2N3/c1-7(2-3-10)4-13-9-8(11)5-12-6-14-9/h5-7H,2-4H2,1H3,(H,12,13,14). The second-order valence-corrected chi connectivity index (χ2v) is 3.97. The van der Waals surface area contributed by atoms with E-state index in [0.29, 0.717) is 22.6 Å². The maximum Gasteiger partial charge on any atom is 0.148 e. The van der Waals surface area contributed by atoms with Crippen LogP contribution in [0.25, 0.3) is 0 Å². The molecule has 1 aromatic rings. The number of hydrogen-bond donors (Lipinski definition) is 1. The highest BCUT2D eigenvalue weighted by Crippen LogP contribution is 2.16. The van der Waals surface area contributed by atoms with E-state index in [4.69, 9.17) is 23.2 Å². The average molecular weight is 234 g/mol. The fraction of sp³-hybridized carbons (Fsp3) is 0.556. The Balaban J connectivity index is 2.41. The highest BCUT2D eigenvalue weighted by atomic mass is 35.5. The SMILES string of the molecule is CC(CCCl)CNc1ncncc1Cl. The lowest BCUT2D eigenvalue weighted by Crippen LogP contribution is -2.12. The van der Waals surface area contributed by atoms with Crippen LogP contribution in [0.5, 0.6) is 0 Å². The number of rotatable bonds is 5. The lowest BCUT2D eigenvalue weighted by Gasteiger charge is -2.11. The zero-order valence-electron chi connectivity index (χ0n) is 8.00. The van der Waals surface area contributed by atoms with Crippen LogP contribution < -0.4 is 5.32 Å². The third-order valence-corrected chi connectivity index (χ3v) is 2.38. The second kappa shape index (κ2) is 6.04. The van der Waals surface area contributed by atoms with Crippen LogP contribution in [0.2, 0.25) is 5.02 Å². The van der Waals surface area contributed by atoms with E-state index in [1.807, 2.05) is 0 Å². The number of nitrogens with zero attached hydrogens (tertiary/aromatic N) is 2. The number of anilines is 1. The van der Waals surface area contributed by atoms with Crippen LogP contribution in [-0.2, 0) is 0 Å². The Morgan fingerprint density at radius 1 is 1.57 bits per heavy atom. The van der Waals surface area contributed by atoms with Crippen LogP contribution in [0.1, 0.15) is 13.3 Å². The molecule has 1 N–H and O–H groups in total. The van der Waals surface area contributed by atoms with E-state index in [1.54, 1.807) is 6.20 Å². The molecule has 1 atom stereocenters. The summed E-state index contributed by atoms with van der Waals surface area (Å²) in [6.07, 6.45) is 4.03. The first-order valence-electron chi connectivity index (χ1n) is 4.49. The molecule has 3 nitrogen and oxygen atoms in total. The summed E-state index contributed by atoms with van der Waals surface area (Å²) in [7, 11) is 0. The molecule has 0 aliphatic heterocycles. The van der Waals surface area contributed by atoms with Gasteiger partial charge in [0.2, 0.25) is 0 Å². The summed E-state index contributed by atoms with van der Waals surface area (Å²) in [6, 6.07) is 0. The smallest absolute Gasteiger partial charge is 0.148 e. The Morgan fingerprint density at radius 3 is 3.00 bits per heavy atom. The fourth-order valence-electron chi connectivity index (χ4n) is 1.00. The van der Waals surface area contributed by atoms with E-state index in [0.717, 1.165) is 13.0 Å². The summed E-state index contributed by atoms with van der Waals surface area (Å²) in [5.74, 6) is 1.88. The van der Waals surface area contributed by atoms with E-state index in [1.165, 1.54) is 6.33 Å². The van der Waals surface area contributed by atoms with Crippen LogP contribution in [-0.4, -0.2) is 22.4 Å². The Labute approximate surface area is 93.9 Å². The van der Waals surface area contributed by atoms with Gasteiger partial charge in [-0.2, -0.15) is 0 Å². The van der Waals surface area contributed by atoms with Crippen LogP contribution in [0, 0.1) is 5.92 Å². The van der Waals surface area contributed by atoms with E-state index in [-0.39, 0.29) is 0 Å². The monoisotopic (exact) mass is 233 g/mol. The fourth-order valence-corrected chi connectivity index (χ4v) is 1.55. The first kappa shape index (κ1) is 11.5. The Bertz CT molecular complexity index is 281. The molecule has 0 radical (unpaired) electrons. The molecular formula is C9H13Cl2N3. The molecule has 0 fully saturated rings. The Hall–Kier alpha value is -0.540. The lowest BCUT2D eigenvalue weighted by atomic mass is 10.1. The molecule has 14 heavy (non-hydrogen) atoms. The van der Waals surface area contributed by atoms with Crippen molar-refractivity contribution in [3.8, 4) is 0 Å². The molecule has 1 heterocycles. The maximum atomic E-state index is 5.87. The van der Waals surface area contributed by atoms with Crippen molar-refractivity contribution < 1.29 is 0 Å². The third-order valence-electron chi connectivity index (χ3n) is 1.89. The predicted octanol–water partition coefficient (Wildman–Crippen LogP) is 2.81. The van der Waals surface area contributed by atoms with Gasteiger partial charge in [0, 0.05) is 12.4 Å². The summed E-state index contributed by atoms with van der Waals surface area (Å²) >= 11 is 11.5. The highest BCUT2D eigenvalue weighted by molar-refractivity contribution is 6.32. The Morgan fingerprint density at radius 2 is 2.36 bits per heavy atom. The number of aromatic nitrogens is 2. The molecule has 0 aliphatic rings. The van der Waals surface area contributed by atoms with Gasteiger partial charge in [0.15, 0.2) is 0 Å². The topological polar surface area (TPSA) is 37.8 Å². The third kappa shape index (κ3) is 3.68. The molecule has 1 unspecified atom stereocenters. The van der Waals surface area contributed by atoms with Crippen molar-refractivity contribution in [2.45, 2.75) is 13.3 Å². The van der Waals surface area contributed by atoms with Crippen molar-refractivity contribution >= 4 is 29.0 Å². The molecule has 0 aromatic carbocycles. The van der Waals surface area contributed by atoms with Crippen LogP contribution >= 0.6 is 23.2 Å². The molecule has 1 aromatic heterocycles. The first-order chi connectivity index (χ1) is 6.74. The molecule has 1 rings (SSSR count). The largest absolute Gasteiger partial charge is 0.368 e. The van der Waals surface area contributed by atoms with E-state index in [9.17, 15) is 0 Å². The summed E-state index contributed by atoms with van der Waals surface area (Å²) in [4.78, 5) is 7.83. The summed E-state index contributed by atoms with van der Waals surface area (Å²) < 4.78 is 0. The molecule has 0 spiro atoms. The van der Waals surface area contributed by atoms with Gasteiger partial charge >= 0.3 is 0 Å². The molecule has 0 amide bonds. The van der Waals surface area contributed by atoms with Crippen molar-refractivity contribution in [2.75, 3.05) is 17.7 Å². The van der Waals surface area contributed by atoms with Gasteiger partial charge in [-0.1, -0.05) is 18.5 Å². The summed E-state index contributed by atoms with van der Waals surface area (Å²) in [5.41, 5.74) is 0. The van der Waals surface area contributed by atoms with Crippen molar-refractivity contribution in [1.82, 2.24) is 9.97 Å². The molecule has 0 saturated heterocycles. The van der Waals surface area contributed by atoms with Gasteiger partial charge in [-0.25, -0.2) is 9.97 Å². The Kier molecular flexibility index (Phi) is 4.98. The van der Waals surface area contributed by atoms with Gasteiger partial charge in [0.05, 0.1) is 6.20 Å². The minimum absolute atomic E-state index is 0.513. The second-order valence-electron chi connectivity index (χ2n) is 3.18. The van der Waals surface area contributed by atoms with Gasteiger partial charge in [-0.3, -0.25) is 0 Å². The number of nitrogens with one attached hydrogen (secondary N) is 1. The quantitative estimate of drug-likeness (QED) is 0.796. The normalized spacial score (nSPS) is 12.5. The minimum Gasteiger partial charge on any atom is -0.368 e. The van der Waals surface area contributed by atoms with Gasteiger partial charge in [0.1, 0.15) is 17.2 Å². The van der Waals surface area contributed by atoms with Crippen molar-refractivity contribution in [2.24, 2.45) is 5.92 Å².